The standard InChI is InChI=1S/C45H52BrF2N10O4P/c1-5-28-24-36(53-45-51-26-31(46)43(55-45)52-35-8-7-34-41(50-14-13-49-34)42(35)63(3,4)61)38(62-2)25-37(28)58-16-11-29(12-17-58)57-20-18-56(19-21-57)15-10-27-22-32(47)40(33(48)23-27)30-6-9-39(59)54-44(30)60/h7-8,13-14,22-26,29-30H,5-6,9-12,15-21H2,1-4H3,(H,54,59,60)(H2,51,52,53,55). The highest BCUT2D eigenvalue weighted by Gasteiger charge is 2.33. The number of piperazine rings is 1. The monoisotopic (exact) mass is 944 g/mol. The van der Waals surface area contributed by atoms with E-state index in [-0.39, 0.29) is 18.4 Å². The highest BCUT2D eigenvalue weighted by Crippen LogP contribution is 2.42. The topological polar surface area (TPSA) is 158 Å². The first kappa shape index (κ1) is 44.5. The molecule has 0 aliphatic carbocycles. The van der Waals surface area contributed by atoms with Crippen molar-refractivity contribution < 1.29 is 27.7 Å². The van der Waals surface area contributed by atoms with Crippen LogP contribution in [0.25, 0.3) is 11.0 Å². The fraction of sp³-hybridized carbons (Fsp3) is 0.422. The number of halogens is 3. The second-order valence-electron chi connectivity index (χ2n) is 16.7. The summed E-state index contributed by atoms with van der Waals surface area (Å²) >= 11 is 3.58. The van der Waals surface area contributed by atoms with Gasteiger partial charge in [-0.2, -0.15) is 4.98 Å². The lowest BCUT2D eigenvalue weighted by Gasteiger charge is -2.43. The number of piperidine rings is 2. The summed E-state index contributed by atoms with van der Waals surface area (Å²) in [5.41, 5.74) is 5.25. The van der Waals surface area contributed by atoms with Gasteiger partial charge in [-0.25, -0.2) is 13.8 Å². The average molecular weight is 946 g/mol. The summed E-state index contributed by atoms with van der Waals surface area (Å²) in [6.07, 6.45) is 8.42. The van der Waals surface area contributed by atoms with Crippen molar-refractivity contribution in [2.75, 3.05) is 81.8 Å². The van der Waals surface area contributed by atoms with Crippen LogP contribution in [0.5, 0.6) is 5.75 Å². The third kappa shape index (κ3) is 9.86. The van der Waals surface area contributed by atoms with E-state index in [2.05, 4.69) is 80.6 Å². The molecule has 3 aromatic carbocycles. The largest absolute Gasteiger partial charge is 0.494 e. The van der Waals surface area contributed by atoms with E-state index in [1.54, 1.807) is 39.0 Å². The average Bonchev–Trinajstić information content (AvgIpc) is 3.27. The summed E-state index contributed by atoms with van der Waals surface area (Å²) in [5.74, 6) is -2.01. The number of carbonyl (C=O) groups is 2. The van der Waals surface area contributed by atoms with Crippen molar-refractivity contribution in [3.05, 3.63) is 87.8 Å². The Kier molecular flexibility index (Phi) is 13.4. The van der Waals surface area contributed by atoms with Crippen LogP contribution in [-0.4, -0.2) is 114 Å². The number of ether oxygens (including phenoxy) is 1. The normalized spacial score (nSPS) is 18.1. The molecule has 8 rings (SSSR count). The van der Waals surface area contributed by atoms with Crippen LogP contribution in [0.1, 0.15) is 55.2 Å². The Morgan fingerprint density at radius 3 is 2.33 bits per heavy atom. The van der Waals surface area contributed by atoms with Crippen LogP contribution in [0.3, 0.4) is 0 Å². The molecule has 3 saturated heterocycles. The van der Waals surface area contributed by atoms with Gasteiger partial charge >= 0.3 is 0 Å². The van der Waals surface area contributed by atoms with Crippen molar-refractivity contribution in [1.29, 1.82) is 0 Å². The van der Waals surface area contributed by atoms with E-state index in [4.69, 9.17) is 9.72 Å². The van der Waals surface area contributed by atoms with Gasteiger partial charge in [0.2, 0.25) is 17.8 Å². The predicted molar refractivity (Wildman–Crippen MR) is 246 cm³/mol. The van der Waals surface area contributed by atoms with E-state index >= 15 is 8.78 Å². The Hall–Kier alpha value is -5.09. The van der Waals surface area contributed by atoms with E-state index in [0.717, 1.165) is 69.9 Å². The lowest BCUT2D eigenvalue weighted by atomic mass is 9.89. The predicted octanol–water partition coefficient (Wildman–Crippen LogP) is 7.12. The third-order valence-corrected chi connectivity index (χ3v) is 14.5. The number of carbonyl (C=O) groups excluding carboxylic acids is 2. The van der Waals surface area contributed by atoms with Crippen molar-refractivity contribution in [2.45, 2.75) is 57.4 Å². The number of fused-ring (bicyclic) bond motifs is 1. The van der Waals surface area contributed by atoms with Crippen LogP contribution in [0.2, 0.25) is 0 Å². The van der Waals surface area contributed by atoms with Crippen molar-refractivity contribution in [2.24, 2.45) is 0 Å². The van der Waals surface area contributed by atoms with Crippen molar-refractivity contribution in [1.82, 2.24) is 35.1 Å². The summed E-state index contributed by atoms with van der Waals surface area (Å²) in [6.45, 7) is 11.7. The van der Waals surface area contributed by atoms with Gasteiger partial charge in [0.15, 0.2) is 0 Å². The first-order chi connectivity index (χ1) is 30.3. The van der Waals surface area contributed by atoms with E-state index < -0.39 is 36.5 Å². The Morgan fingerprint density at radius 1 is 0.921 bits per heavy atom. The van der Waals surface area contributed by atoms with Gasteiger partial charge in [-0.3, -0.25) is 29.8 Å². The van der Waals surface area contributed by atoms with E-state index in [1.807, 2.05) is 12.1 Å². The van der Waals surface area contributed by atoms with E-state index in [0.29, 0.717) is 68.6 Å². The minimum absolute atomic E-state index is 0.0634. The highest BCUT2D eigenvalue weighted by molar-refractivity contribution is 9.10. The first-order valence-corrected chi connectivity index (χ1v) is 24.8. The molecule has 332 valence electrons. The summed E-state index contributed by atoms with van der Waals surface area (Å²) in [7, 11) is -1.13. The zero-order chi connectivity index (χ0) is 44.4. The number of rotatable bonds is 13. The number of nitrogens with one attached hydrogen (secondary N) is 3. The molecule has 2 amide bonds. The molecule has 2 aromatic heterocycles. The molecule has 3 aliphatic rings. The number of benzene rings is 3. The Balaban J connectivity index is 0.868. The fourth-order valence-electron chi connectivity index (χ4n) is 9.08. The Labute approximate surface area is 374 Å². The maximum absolute atomic E-state index is 15.1. The molecule has 0 bridgehead atoms. The number of imide groups is 1. The number of methoxy groups -OCH3 is 1. The number of aromatic nitrogens is 4. The second-order valence-corrected chi connectivity index (χ2v) is 20.7. The minimum Gasteiger partial charge on any atom is -0.494 e. The van der Waals surface area contributed by atoms with Gasteiger partial charge in [0, 0.05) is 94.2 Å². The van der Waals surface area contributed by atoms with Crippen LogP contribution >= 0.6 is 23.1 Å². The van der Waals surface area contributed by atoms with E-state index in [1.165, 1.54) is 17.7 Å². The maximum Gasteiger partial charge on any atom is 0.234 e. The molecule has 3 aliphatic heterocycles. The fourth-order valence-corrected chi connectivity index (χ4v) is 10.8. The zero-order valence-corrected chi connectivity index (χ0v) is 38.4. The molecular weight excluding hydrogens is 893 g/mol. The minimum atomic E-state index is -2.79. The molecule has 18 heteroatoms. The second kappa shape index (κ2) is 18.9. The van der Waals surface area contributed by atoms with Gasteiger partial charge in [0.1, 0.15) is 35.9 Å². The van der Waals surface area contributed by atoms with Gasteiger partial charge in [-0.15, -0.1) is 0 Å². The number of aryl methyl sites for hydroxylation is 1. The number of amides is 2. The van der Waals surface area contributed by atoms with Crippen molar-refractivity contribution in [3.8, 4) is 5.75 Å². The molecule has 5 aromatic rings. The van der Waals surface area contributed by atoms with Gasteiger partial charge in [0.25, 0.3) is 0 Å². The smallest absolute Gasteiger partial charge is 0.234 e. The molecule has 14 nitrogen and oxygen atoms in total. The molecular formula is C45H52BrF2N10O4P. The van der Waals surface area contributed by atoms with Gasteiger partial charge in [0.05, 0.1) is 39.7 Å². The zero-order valence-electron chi connectivity index (χ0n) is 35.9. The number of anilines is 5. The summed E-state index contributed by atoms with van der Waals surface area (Å²) < 4.78 is 50.3. The van der Waals surface area contributed by atoms with Crippen LogP contribution in [0.15, 0.2) is 59.5 Å². The van der Waals surface area contributed by atoms with Crippen LogP contribution in [0.4, 0.5) is 37.6 Å². The van der Waals surface area contributed by atoms with Crippen molar-refractivity contribution in [3.63, 3.8) is 0 Å². The lowest BCUT2D eigenvalue weighted by Crippen LogP contribution is -2.53. The molecule has 63 heavy (non-hydrogen) atoms. The Morgan fingerprint density at radius 2 is 1.65 bits per heavy atom. The van der Waals surface area contributed by atoms with Crippen molar-refractivity contribution >= 4 is 80.1 Å². The highest BCUT2D eigenvalue weighted by atomic mass is 79.9. The van der Waals surface area contributed by atoms with Gasteiger partial charge in [-0.1, -0.05) is 6.92 Å². The number of nitrogens with zero attached hydrogens (tertiary/aromatic N) is 7. The number of hydrogen-bond donors (Lipinski definition) is 3. The summed E-state index contributed by atoms with van der Waals surface area (Å²) in [4.78, 5) is 49.4. The van der Waals surface area contributed by atoms with E-state index in [9.17, 15) is 14.2 Å². The molecule has 0 spiro atoms. The maximum atomic E-state index is 15.1. The molecule has 1 atom stereocenters. The molecule has 3 fully saturated rings. The molecule has 0 saturated carbocycles. The molecule has 3 N–H and O–H groups in total. The van der Waals surface area contributed by atoms with Crippen LogP contribution in [0, 0.1) is 11.6 Å². The molecule has 5 heterocycles. The Bertz CT molecular complexity index is 2560. The third-order valence-electron chi connectivity index (χ3n) is 12.3. The van der Waals surface area contributed by atoms with Gasteiger partial charge < -0.3 is 29.7 Å². The van der Waals surface area contributed by atoms with Crippen LogP contribution in [-0.2, 0) is 27.0 Å². The quantitative estimate of drug-likeness (QED) is 0.0811. The SMILES string of the molecule is CCc1cc(Nc2ncc(Br)c(Nc3ccc4nccnc4c3P(C)(C)=O)n2)c(OC)cc1N1CCC(N2CCN(CCc3cc(F)c(C4CCC(=O)NC4=O)c(F)c3)CC2)CC1. The molecule has 0 radical (unpaired) electrons. The summed E-state index contributed by atoms with van der Waals surface area (Å²) in [6, 6.07) is 11.0. The lowest BCUT2D eigenvalue weighted by molar-refractivity contribution is -0.134. The number of hydrogen-bond acceptors (Lipinski definition) is 13. The van der Waals surface area contributed by atoms with Crippen LogP contribution < -0.4 is 30.9 Å². The summed E-state index contributed by atoms with van der Waals surface area (Å²) in [5, 5.41) is 9.54. The first-order valence-electron chi connectivity index (χ1n) is 21.4. The molecule has 1 unspecified atom stereocenters. The van der Waals surface area contributed by atoms with Gasteiger partial charge in [-0.05, 0) is 103 Å².